The second-order valence-electron chi connectivity index (χ2n) is 5.19. The first-order chi connectivity index (χ1) is 7.89. The van der Waals surface area contributed by atoms with Gasteiger partial charge in [-0.25, -0.2) is 4.98 Å². The van der Waals surface area contributed by atoms with E-state index in [-0.39, 0.29) is 5.78 Å². The van der Waals surface area contributed by atoms with Crippen LogP contribution in [0.3, 0.4) is 0 Å². The van der Waals surface area contributed by atoms with Crippen LogP contribution in [-0.4, -0.2) is 10.8 Å². The second kappa shape index (κ2) is 3.84. The topological polar surface area (TPSA) is 56.0 Å². The zero-order valence-electron chi connectivity index (χ0n) is 10.3. The minimum absolute atomic E-state index is 0.0844. The molecule has 1 aromatic heterocycles. The lowest BCUT2D eigenvalue weighted by Crippen LogP contribution is -2.20. The maximum Gasteiger partial charge on any atom is 0.170 e. The Balaban J connectivity index is 2.70. The third kappa shape index (κ3) is 2.13. The third-order valence-electron chi connectivity index (χ3n) is 2.67. The normalized spacial score (nSPS) is 11.7. The van der Waals surface area contributed by atoms with Gasteiger partial charge in [-0.15, -0.1) is 0 Å². The van der Waals surface area contributed by atoms with Crippen LogP contribution < -0.4 is 5.73 Å². The van der Waals surface area contributed by atoms with Crippen LogP contribution in [0.25, 0.3) is 10.9 Å². The highest BCUT2D eigenvalue weighted by molar-refractivity contribution is 6.09. The molecule has 0 atom stereocenters. The van der Waals surface area contributed by atoms with Gasteiger partial charge in [0.15, 0.2) is 5.78 Å². The van der Waals surface area contributed by atoms with E-state index in [2.05, 4.69) is 4.98 Å². The molecule has 3 heteroatoms. The number of aromatic nitrogens is 1. The van der Waals surface area contributed by atoms with Crippen LogP contribution in [0.1, 0.15) is 31.1 Å². The van der Waals surface area contributed by atoms with Crippen LogP contribution in [-0.2, 0) is 0 Å². The van der Waals surface area contributed by atoms with E-state index < -0.39 is 5.41 Å². The van der Waals surface area contributed by atoms with E-state index in [1.165, 1.54) is 0 Å². The van der Waals surface area contributed by atoms with E-state index in [4.69, 9.17) is 5.73 Å². The van der Waals surface area contributed by atoms with Gasteiger partial charge in [-0.05, 0) is 18.2 Å². The number of para-hydroxylation sites is 1. The van der Waals surface area contributed by atoms with Crippen molar-refractivity contribution in [1.29, 1.82) is 0 Å². The predicted molar refractivity (Wildman–Crippen MR) is 69.9 cm³/mol. The Morgan fingerprint density at radius 1 is 1.18 bits per heavy atom. The maximum absolute atomic E-state index is 12.3. The van der Waals surface area contributed by atoms with Crippen LogP contribution in [0.5, 0.6) is 0 Å². The SMILES string of the molecule is CC(C)(C)C(=O)c1cccc2ccc(N)nc12. The summed E-state index contributed by atoms with van der Waals surface area (Å²) >= 11 is 0. The first-order valence-corrected chi connectivity index (χ1v) is 5.59. The number of anilines is 1. The van der Waals surface area contributed by atoms with E-state index in [0.29, 0.717) is 16.9 Å². The maximum atomic E-state index is 12.3. The molecule has 0 saturated heterocycles. The summed E-state index contributed by atoms with van der Waals surface area (Å²) in [7, 11) is 0. The summed E-state index contributed by atoms with van der Waals surface area (Å²) in [6.07, 6.45) is 0. The van der Waals surface area contributed by atoms with Gasteiger partial charge >= 0.3 is 0 Å². The van der Waals surface area contributed by atoms with Gasteiger partial charge in [0.05, 0.1) is 5.52 Å². The Labute approximate surface area is 101 Å². The molecule has 2 rings (SSSR count). The molecule has 0 radical (unpaired) electrons. The smallest absolute Gasteiger partial charge is 0.170 e. The van der Waals surface area contributed by atoms with Crippen molar-refractivity contribution in [2.45, 2.75) is 20.8 Å². The number of hydrogen-bond acceptors (Lipinski definition) is 3. The fourth-order valence-electron chi connectivity index (χ4n) is 1.75. The molecule has 0 saturated carbocycles. The first kappa shape index (κ1) is 11.6. The zero-order valence-corrected chi connectivity index (χ0v) is 10.3. The van der Waals surface area contributed by atoms with Crippen LogP contribution in [0.2, 0.25) is 0 Å². The average Bonchev–Trinajstić information content (AvgIpc) is 2.26. The Kier molecular flexibility index (Phi) is 2.62. The van der Waals surface area contributed by atoms with Crippen molar-refractivity contribution in [3.63, 3.8) is 0 Å². The number of ketones is 1. The molecule has 1 aromatic carbocycles. The van der Waals surface area contributed by atoms with E-state index in [9.17, 15) is 4.79 Å². The number of rotatable bonds is 1. The monoisotopic (exact) mass is 228 g/mol. The molecule has 3 nitrogen and oxygen atoms in total. The molecule has 0 fully saturated rings. The van der Waals surface area contributed by atoms with Crippen molar-refractivity contribution in [2.24, 2.45) is 5.41 Å². The Morgan fingerprint density at radius 2 is 1.88 bits per heavy atom. The molecule has 2 aromatic rings. The number of nitrogens with zero attached hydrogens (tertiary/aromatic N) is 1. The van der Waals surface area contributed by atoms with Gasteiger partial charge in [-0.2, -0.15) is 0 Å². The lowest BCUT2D eigenvalue weighted by molar-refractivity contribution is 0.0860. The highest BCUT2D eigenvalue weighted by atomic mass is 16.1. The van der Waals surface area contributed by atoms with Crippen molar-refractivity contribution in [3.8, 4) is 0 Å². The molecule has 17 heavy (non-hydrogen) atoms. The number of pyridine rings is 1. The number of fused-ring (bicyclic) bond motifs is 1. The van der Waals surface area contributed by atoms with Crippen molar-refractivity contribution < 1.29 is 4.79 Å². The quantitative estimate of drug-likeness (QED) is 0.763. The second-order valence-corrected chi connectivity index (χ2v) is 5.19. The summed E-state index contributed by atoms with van der Waals surface area (Å²) in [5.74, 6) is 0.521. The van der Waals surface area contributed by atoms with Crippen molar-refractivity contribution >= 4 is 22.5 Å². The van der Waals surface area contributed by atoms with Crippen molar-refractivity contribution in [3.05, 3.63) is 35.9 Å². The molecule has 0 unspecified atom stereocenters. The van der Waals surface area contributed by atoms with Crippen LogP contribution in [0.15, 0.2) is 30.3 Å². The van der Waals surface area contributed by atoms with Gasteiger partial charge in [-0.1, -0.05) is 32.9 Å². The fourth-order valence-corrected chi connectivity index (χ4v) is 1.75. The lowest BCUT2D eigenvalue weighted by Gasteiger charge is -2.17. The number of benzene rings is 1. The van der Waals surface area contributed by atoms with Crippen molar-refractivity contribution in [2.75, 3.05) is 5.73 Å². The summed E-state index contributed by atoms with van der Waals surface area (Å²) in [6.45, 7) is 5.71. The lowest BCUT2D eigenvalue weighted by atomic mass is 9.86. The summed E-state index contributed by atoms with van der Waals surface area (Å²) in [5.41, 5.74) is 6.59. The van der Waals surface area contributed by atoms with Crippen LogP contribution in [0.4, 0.5) is 5.82 Å². The molecule has 0 aliphatic rings. The zero-order chi connectivity index (χ0) is 12.6. The average molecular weight is 228 g/mol. The Bertz CT molecular complexity index is 582. The van der Waals surface area contributed by atoms with Crippen LogP contribution >= 0.6 is 0 Å². The molecule has 0 spiro atoms. The van der Waals surface area contributed by atoms with Gasteiger partial charge in [0, 0.05) is 16.4 Å². The number of Topliss-reactive ketones (excluding diaryl/α,β-unsaturated/α-hetero) is 1. The molecule has 0 aliphatic carbocycles. The van der Waals surface area contributed by atoms with E-state index in [0.717, 1.165) is 5.39 Å². The molecule has 0 bridgehead atoms. The third-order valence-corrected chi connectivity index (χ3v) is 2.67. The van der Waals surface area contributed by atoms with Gasteiger partial charge in [-0.3, -0.25) is 4.79 Å². The molecule has 0 aliphatic heterocycles. The van der Waals surface area contributed by atoms with Crippen LogP contribution in [0, 0.1) is 5.41 Å². The summed E-state index contributed by atoms with van der Waals surface area (Å²) in [4.78, 5) is 16.6. The largest absolute Gasteiger partial charge is 0.384 e. The number of nitrogens with two attached hydrogens (primary N) is 1. The standard InChI is InChI=1S/C14H16N2O/c1-14(2,3)13(17)10-6-4-5-9-7-8-11(15)16-12(9)10/h4-8H,1-3H3,(H2,15,16). The van der Waals surface area contributed by atoms with Gasteiger partial charge < -0.3 is 5.73 Å². The number of carbonyl (C=O) groups excluding carboxylic acids is 1. The highest BCUT2D eigenvalue weighted by Gasteiger charge is 2.24. The fraction of sp³-hybridized carbons (Fsp3) is 0.286. The number of hydrogen-bond donors (Lipinski definition) is 1. The predicted octanol–water partition coefficient (Wildman–Crippen LogP) is 3.05. The van der Waals surface area contributed by atoms with Crippen molar-refractivity contribution in [1.82, 2.24) is 4.98 Å². The van der Waals surface area contributed by atoms with Gasteiger partial charge in [0.1, 0.15) is 5.82 Å². The highest BCUT2D eigenvalue weighted by Crippen LogP contribution is 2.26. The van der Waals surface area contributed by atoms with Gasteiger partial charge in [0.2, 0.25) is 0 Å². The minimum Gasteiger partial charge on any atom is -0.384 e. The number of nitrogen functional groups attached to an aromatic ring is 1. The number of carbonyl (C=O) groups is 1. The molecule has 2 N–H and O–H groups in total. The summed E-state index contributed by atoms with van der Waals surface area (Å²) in [6, 6.07) is 9.24. The Hall–Kier alpha value is -1.90. The van der Waals surface area contributed by atoms with Gasteiger partial charge in [0.25, 0.3) is 0 Å². The molecule has 0 amide bonds. The molecule has 88 valence electrons. The van der Waals surface area contributed by atoms with E-state index >= 15 is 0 Å². The summed E-state index contributed by atoms with van der Waals surface area (Å²) < 4.78 is 0. The minimum atomic E-state index is -0.416. The van der Waals surface area contributed by atoms with E-state index in [1.807, 2.05) is 45.0 Å². The van der Waals surface area contributed by atoms with E-state index in [1.54, 1.807) is 6.07 Å². The molecular formula is C14H16N2O. The Morgan fingerprint density at radius 3 is 2.53 bits per heavy atom. The summed E-state index contributed by atoms with van der Waals surface area (Å²) in [5, 5.41) is 0.939. The molecule has 1 heterocycles. The molecular weight excluding hydrogens is 212 g/mol. The first-order valence-electron chi connectivity index (χ1n) is 5.59.